The molecule has 0 amide bonds. The zero-order valence-corrected chi connectivity index (χ0v) is 14.5. The predicted molar refractivity (Wildman–Crippen MR) is 95.3 cm³/mol. The summed E-state index contributed by atoms with van der Waals surface area (Å²) in [4.78, 5) is 0. The largest absolute Gasteiger partial charge is 0.497 e. The van der Waals surface area contributed by atoms with Gasteiger partial charge >= 0.3 is 0 Å². The van der Waals surface area contributed by atoms with Crippen LogP contribution in [-0.4, -0.2) is 19.8 Å². The number of methoxy groups -OCH3 is 1. The van der Waals surface area contributed by atoms with Gasteiger partial charge in [0.1, 0.15) is 5.75 Å². The molecule has 0 fully saturated rings. The number of ether oxygens (including phenoxy) is 2. The summed E-state index contributed by atoms with van der Waals surface area (Å²) in [6.07, 6.45) is 11.5. The monoisotopic (exact) mass is 302 g/mol. The second-order valence-corrected chi connectivity index (χ2v) is 5.79. The quantitative estimate of drug-likeness (QED) is 0.411. The van der Waals surface area contributed by atoms with E-state index < -0.39 is 0 Å². The molecule has 22 heavy (non-hydrogen) atoms. The highest BCUT2D eigenvalue weighted by Crippen LogP contribution is 2.13. The third kappa shape index (κ3) is 8.04. The molecule has 0 aromatic heterocycles. The van der Waals surface area contributed by atoms with Crippen molar-refractivity contribution in [3.05, 3.63) is 47.6 Å². The average molecular weight is 302 g/mol. The highest BCUT2D eigenvalue weighted by Gasteiger charge is 2.04. The van der Waals surface area contributed by atoms with Crippen LogP contribution in [0.5, 0.6) is 5.75 Å². The highest BCUT2D eigenvalue weighted by atomic mass is 16.5. The van der Waals surface area contributed by atoms with E-state index in [0.717, 1.165) is 17.7 Å². The maximum atomic E-state index is 5.98. The molecule has 0 saturated heterocycles. The van der Waals surface area contributed by atoms with E-state index in [1.807, 2.05) is 24.3 Å². The standard InChI is InChI=1S/C20H30O2/c1-5-6-7-10-20(16-17(2)3)22-15-8-9-18-11-13-19(21-4)14-12-18/h8-9,11-14,16,20H,5-7,10,15H2,1-4H3. The van der Waals surface area contributed by atoms with Crippen molar-refractivity contribution < 1.29 is 9.47 Å². The Morgan fingerprint density at radius 2 is 1.86 bits per heavy atom. The van der Waals surface area contributed by atoms with Gasteiger partial charge in [0.2, 0.25) is 0 Å². The fourth-order valence-corrected chi connectivity index (χ4v) is 2.26. The number of benzene rings is 1. The van der Waals surface area contributed by atoms with Gasteiger partial charge in [-0.25, -0.2) is 0 Å². The summed E-state index contributed by atoms with van der Waals surface area (Å²) in [7, 11) is 1.68. The lowest BCUT2D eigenvalue weighted by Gasteiger charge is -2.13. The van der Waals surface area contributed by atoms with Crippen LogP contribution in [0, 0.1) is 0 Å². The van der Waals surface area contributed by atoms with Crippen molar-refractivity contribution >= 4 is 6.08 Å². The summed E-state index contributed by atoms with van der Waals surface area (Å²) in [5, 5.41) is 0. The van der Waals surface area contributed by atoms with Crippen LogP contribution in [0.15, 0.2) is 42.0 Å². The van der Waals surface area contributed by atoms with Crippen LogP contribution >= 0.6 is 0 Å². The Morgan fingerprint density at radius 3 is 2.45 bits per heavy atom. The van der Waals surface area contributed by atoms with Gasteiger partial charge in [0.25, 0.3) is 0 Å². The number of unbranched alkanes of at least 4 members (excludes halogenated alkanes) is 2. The van der Waals surface area contributed by atoms with Gasteiger partial charge < -0.3 is 9.47 Å². The number of hydrogen-bond acceptors (Lipinski definition) is 2. The summed E-state index contributed by atoms with van der Waals surface area (Å²) in [6, 6.07) is 8.03. The van der Waals surface area contributed by atoms with E-state index >= 15 is 0 Å². The van der Waals surface area contributed by atoms with E-state index in [1.54, 1.807) is 7.11 Å². The first-order valence-electron chi connectivity index (χ1n) is 8.23. The molecule has 1 rings (SSSR count). The SMILES string of the molecule is CCCCCC(C=C(C)C)OCC=Cc1ccc(OC)cc1. The zero-order chi connectivity index (χ0) is 16.2. The molecular formula is C20H30O2. The third-order valence-electron chi connectivity index (χ3n) is 3.44. The van der Waals surface area contributed by atoms with Crippen molar-refractivity contribution in [1.29, 1.82) is 0 Å². The molecule has 1 atom stereocenters. The molecule has 0 aliphatic rings. The maximum Gasteiger partial charge on any atom is 0.118 e. The minimum absolute atomic E-state index is 0.233. The van der Waals surface area contributed by atoms with Crippen molar-refractivity contribution in [3.8, 4) is 5.75 Å². The van der Waals surface area contributed by atoms with E-state index in [4.69, 9.17) is 9.47 Å². The lowest BCUT2D eigenvalue weighted by molar-refractivity contribution is 0.100. The van der Waals surface area contributed by atoms with Gasteiger partial charge in [-0.05, 0) is 38.0 Å². The Bertz CT molecular complexity index is 453. The van der Waals surface area contributed by atoms with Crippen molar-refractivity contribution in [2.75, 3.05) is 13.7 Å². The van der Waals surface area contributed by atoms with E-state index in [0.29, 0.717) is 6.61 Å². The molecular weight excluding hydrogens is 272 g/mol. The first-order valence-corrected chi connectivity index (χ1v) is 8.23. The molecule has 0 aliphatic carbocycles. The molecule has 0 radical (unpaired) electrons. The van der Waals surface area contributed by atoms with Crippen LogP contribution in [0.3, 0.4) is 0 Å². The van der Waals surface area contributed by atoms with Crippen molar-refractivity contribution in [3.63, 3.8) is 0 Å². The third-order valence-corrected chi connectivity index (χ3v) is 3.44. The number of hydrogen-bond donors (Lipinski definition) is 0. The van der Waals surface area contributed by atoms with Gasteiger partial charge in [-0.2, -0.15) is 0 Å². The van der Waals surface area contributed by atoms with Crippen LogP contribution in [0.2, 0.25) is 0 Å². The molecule has 0 spiro atoms. The van der Waals surface area contributed by atoms with Gasteiger partial charge in [0, 0.05) is 0 Å². The Balaban J connectivity index is 2.42. The van der Waals surface area contributed by atoms with Crippen LogP contribution in [0.25, 0.3) is 6.08 Å². The fraction of sp³-hybridized carbons (Fsp3) is 0.500. The van der Waals surface area contributed by atoms with Crippen LogP contribution in [0.4, 0.5) is 0 Å². The van der Waals surface area contributed by atoms with Crippen molar-refractivity contribution in [1.82, 2.24) is 0 Å². The summed E-state index contributed by atoms with van der Waals surface area (Å²) < 4.78 is 11.1. The molecule has 1 aromatic carbocycles. The molecule has 0 N–H and O–H groups in total. The molecule has 2 heteroatoms. The number of allylic oxidation sites excluding steroid dienone is 1. The summed E-state index contributed by atoms with van der Waals surface area (Å²) in [6.45, 7) is 7.13. The highest BCUT2D eigenvalue weighted by molar-refractivity contribution is 5.50. The zero-order valence-electron chi connectivity index (χ0n) is 14.5. The van der Waals surface area contributed by atoms with Crippen LogP contribution < -0.4 is 4.74 Å². The second kappa shape index (κ2) is 11.1. The lowest BCUT2D eigenvalue weighted by Crippen LogP contribution is -2.10. The minimum Gasteiger partial charge on any atom is -0.497 e. The van der Waals surface area contributed by atoms with Gasteiger partial charge in [0.05, 0.1) is 19.8 Å². The van der Waals surface area contributed by atoms with Crippen molar-refractivity contribution in [2.45, 2.75) is 52.6 Å². The van der Waals surface area contributed by atoms with Crippen molar-refractivity contribution in [2.24, 2.45) is 0 Å². The molecule has 0 saturated carbocycles. The normalized spacial score (nSPS) is 12.4. The van der Waals surface area contributed by atoms with E-state index in [-0.39, 0.29) is 6.10 Å². The minimum atomic E-state index is 0.233. The van der Waals surface area contributed by atoms with Gasteiger partial charge in [-0.3, -0.25) is 0 Å². The molecule has 2 nitrogen and oxygen atoms in total. The lowest BCUT2D eigenvalue weighted by atomic mass is 10.1. The van der Waals surface area contributed by atoms with Gasteiger partial charge in [0.15, 0.2) is 0 Å². The topological polar surface area (TPSA) is 18.5 Å². The Kier molecular flexibility index (Phi) is 9.33. The van der Waals surface area contributed by atoms with Crippen LogP contribution in [-0.2, 0) is 4.74 Å². The molecule has 1 unspecified atom stereocenters. The maximum absolute atomic E-state index is 5.98. The first kappa shape index (κ1) is 18.5. The van der Waals surface area contributed by atoms with Gasteiger partial charge in [-0.1, -0.05) is 62.1 Å². The molecule has 0 heterocycles. The molecule has 122 valence electrons. The van der Waals surface area contributed by atoms with E-state index in [1.165, 1.54) is 24.8 Å². The Morgan fingerprint density at radius 1 is 1.14 bits per heavy atom. The first-order chi connectivity index (χ1) is 10.7. The summed E-state index contributed by atoms with van der Waals surface area (Å²) in [5.74, 6) is 0.882. The number of rotatable bonds is 10. The smallest absolute Gasteiger partial charge is 0.118 e. The Labute approximate surface area is 135 Å². The second-order valence-electron chi connectivity index (χ2n) is 5.79. The summed E-state index contributed by atoms with van der Waals surface area (Å²) in [5.41, 5.74) is 2.48. The fourth-order valence-electron chi connectivity index (χ4n) is 2.26. The summed E-state index contributed by atoms with van der Waals surface area (Å²) >= 11 is 0. The molecule has 0 bridgehead atoms. The average Bonchev–Trinajstić information content (AvgIpc) is 2.51. The Hall–Kier alpha value is -1.54. The predicted octanol–water partition coefficient (Wildman–Crippen LogP) is 5.64. The van der Waals surface area contributed by atoms with E-state index in [2.05, 4.69) is 39.0 Å². The molecule has 1 aromatic rings. The molecule has 0 aliphatic heterocycles. The van der Waals surface area contributed by atoms with Crippen LogP contribution in [0.1, 0.15) is 52.0 Å². The van der Waals surface area contributed by atoms with Gasteiger partial charge in [-0.15, -0.1) is 0 Å². The van der Waals surface area contributed by atoms with E-state index in [9.17, 15) is 0 Å².